The lowest BCUT2D eigenvalue weighted by Crippen LogP contribution is -2.64. The summed E-state index contributed by atoms with van der Waals surface area (Å²) in [5, 5.41) is 76.9. The van der Waals surface area contributed by atoms with E-state index in [0.717, 1.165) is 6.42 Å². The second-order valence-corrected chi connectivity index (χ2v) is 26.4. The first-order valence-corrected chi connectivity index (χ1v) is 30.4. The van der Waals surface area contributed by atoms with E-state index in [4.69, 9.17) is 61.6 Å². The third kappa shape index (κ3) is 10.6. The predicted octanol–water partition coefficient (Wildman–Crippen LogP) is 2.16. The third-order valence-corrected chi connectivity index (χ3v) is 20.9. The van der Waals surface area contributed by atoms with E-state index in [1.165, 1.54) is 6.08 Å². The van der Waals surface area contributed by atoms with Gasteiger partial charge in [0.1, 0.15) is 54.4 Å². The Hall–Kier alpha value is -1.84. The van der Waals surface area contributed by atoms with Crippen molar-refractivity contribution in [2.24, 2.45) is 23.7 Å². The number of aliphatic hydroxyl groups excluding tert-OH is 7. The first-order valence-electron chi connectivity index (χ1n) is 30.4. The van der Waals surface area contributed by atoms with Crippen molar-refractivity contribution in [1.29, 1.82) is 0 Å². The highest BCUT2D eigenvalue weighted by atomic mass is 16.7. The molecule has 0 aliphatic carbocycles. The van der Waals surface area contributed by atoms with Gasteiger partial charge in [0, 0.05) is 56.8 Å². The Morgan fingerprint density at radius 2 is 1.12 bits per heavy atom. The lowest BCUT2D eigenvalue weighted by molar-refractivity contribution is -0.339. The molecule has 34 atom stereocenters. The van der Waals surface area contributed by atoms with Crippen LogP contribution < -0.4 is 0 Å². The molecule has 80 heavy (non-hydrogen) atoms. The lowest BCUT2D eigenvalue weighted by atomic mass is 9.75. The molecule has 448 valence electrons. The van der Waals surface area contributed by atoms with Gasteiger partial charge in [-0.25, -0.2) is 0 Å². The van der Waals surface area contributed by atoms with Crippen molar-refractivity contribution in [3.8, 4) is 0 Å². The van der Waals surface area contributed by atoms with E-state index < -0.39 is 152 Å². The van der Waals surface area contributed by atoms with E-state index in [0.29, 0.717) is 44.9 Å². The van der Waals surface area contributed by atoms with Gasteiger partial charge in [-0.05, 0) is 44.4 Å². The number of ether oxygens (including phenoxy) is 13. The smallest absolute Gasteiger partial charge is 0.174 e. The summed E-state index contributed by atoms with van der Waals surface area (Å²) in [7, 11) is 0. The van der Waals surface area contributed by atoms with Crippen LogP contribution in [0.1, 0.15) is 105 Å². The largest absolute Gasteiger partial charge is 0.393 e. The minimum atomic E-state index is -1.07. The zero-order chi connectivity index (χ0) is 55.5. The fourth-order valence-electron chi connectivity index (χ4n) is 16.2. The molecule has 13 heterocycles. The molecule has 10 fully saturated rings. The molecule has 34 unspecified atom stereocenters. The molecule has 20 nitrogen and oxygen atoms in total. The molecule has 0 aromatic heterocycles. The first-order chi connectivity index (χ1) is 38.4. The van der Waals surface area contributed by atoms with Crippen molar-refractivity contribution in [2.75, 3.05) is 13.2 Å². The predicted molar refractivity (Wildman–Crippen MR) is 281 cm³/mol. The molecule has 0 saturated carbocycles. The zero-order valence-electron chi connectivity index (χ0n) is 46.7. The van der Waals surface area contributed by atoms with Crippen LogP contribution in [-0.4, -0.2) is 231 Å². The van der Waals surface area contributed by atoms with Crippen molar-refractivity contribution in [3.63, 3.8) is 0 Å². The highest BCUT2D eigenvalue weighted by molar-refractivity contribution is 5.17. The Morgan fingerprint density at radius 3 is 1.89 bits per heavy atom. The van der Waals surface area contributed by atoms with Gasteiger partial charge in [0.2, 0.25) is 0 Å². The van der Waals surface area contributed by atoms with Gasteiger partial charge in [0.25, 0.3) is 0 Å². The highest BCUT2D eigenvalue weighted by Crippen LogP contribution is 2.52. The number of rotatable bonds is 3. The van der Waals surface area contributed by atoms with E-state index in [2.05, 4.69) is 32.9 Å². The Bertz CT molecular complexity index is 2290. The summed E-state index contributed by atoms with van der Waals surface area (Å²) < 4.78 is 88.9. The monoisotopic (exact) mass is 1130 g/mol. The second-order valence-electron chi connectivity index (χ2n) is 26.4. The summed E-state index contributed by atoms with van der Waals surface area (Å²) >= 11 is 0. The van der Waals surface area contributed by atoms with Gasteiger partial charge < -0.3 is 97.3 Å². The molecule has 0 radical (unpaired) electrons. The first kappa shape index (κ1) is 57.2. The summed E-state index contributed by atoms with van der Waals surface area (Å²) in [5.41, 5.74) is -1.05. The van der Waals surface area contributed by atoms with Gasteiger partial charge in [-0.15, -0.1) is 0 Å². The Morgan fingerprint density at radius 1 is 0.512 bits per heavy atom. The number of fused-ring (bicyclic) bond motifs is 11. The van der Waals surface area contributed by atoms with Crippen molar-refractivity contribution in [3.05, 3.63) is 48.6 Å². The van der Waals surface area contributed by atoms with Crippen LogP contribution >= 0.6 is 0 Å². The van der Waals surface area contributed by atoms with Crippen LogP contribution in [0.2, 0.25) is 0 Å². The molecular formula is C60H88O20. The molecule has 10 saturated heterocycles. The van der Waals surface area contributed by atoms with E-state index in [1.54, 1.807) is 6.08 Å². The van der Waals surface area contributed by atoms with Crippen molar-refractivity contribution in [2.45, 2.75) is 288 Å². The van der Waals surface area contributed by atoms with Crippen LogP contribution in [0.25, 0.3) is 0 Å². The maximum Gasteiger partial charge on any atom is 0.174 e. The minimum absolute atomic E-state index is 0.0365. The summed E-state index contributed by atoms with van der Waals surface area (Å²) in [4.78, 5) is 0. The summed E-state index contributed by atoms with van der Waals surface area (Å²) in [6.45, 7) is 10.2. The molecule has 0 aromatic rings. The third-order valence-electron chi connectivity index (χ3n) is 20.9. The molecular weight excluding hydrogens is 1040 g/mol. The van der Waals surface area contributed by atoms with Crippen LogP contribution in [0.3, 0.4) is 0 Å². The van der Waals surface area contributed by atoms with Gasteiger partial charge in [-0.1, -0.05) is 76.3 Å². The normalized spacial score (nSPS) is 57.0. The van der Waals surface area contributed by atoms with Gasteiger partial charge in [-0.3, -0.25) is 0 Å². The van der Waals surface area contributed by atoms with E-state index in [1.807, 2.05) is 38.2 Å². The number of hydrogen-bond acceptors (Lipinski definition) is 20. The number of aliphatic hydroxyl groups is 7. The highest BCUT2D eigenvalue weighted by Gasteiger charge is 2.63. The van der Waals surface area contributed by atoms with E-state index in [9.17, 15) is 35.7 Å². The molecule has 0 bridgehead atoms. The van der Waals surface area contributed by atoms with Crippen molar-refractivity contribution < 1.29 is 97.3 Å². The van der Waals surface area contributed by atoms with Gasteiger partial charge in [0.05, 0.1) is 135 Å². The molecule has 20 heteroatoms. The quantitative estimate of drug-likeness (QED) is 0.200. The van der Waals surface area contributed by atoms with Crippen LogP contribution in [0.4, 0.5) is 0 Å². The van der Waals surface area contributed by atoms with Crippen LogP contribution in [0.15, 0.2) is 48.6 Å². The number of hydrogen-bond donors (Lipinski definition) is 7. The molecule has 0 amide bonds. The fourth-order valence-corrected chi connectivity index (χ4v) is 16.2. The van der Waals surface area contributed by atoms with Gasteiger partial charge in [-0.2, -0.15) is 0 Å². The summed E-state index contributed by atoms with van der Waals surface area (Å²) in [6.07, 6.45) is 4.48. The standard InChI is InChI=1S/C60H88O20/c1-27-16-41-43(21-48-54(77-41)29(3)52(66)58-55(78-48)28(2)30(4)60(80-58)24-33(64)26-68-60)73-45-23-51-59(5,79-46(45)17-27)50(65)22-44-36(75-51)9-7-6-8-35-37(72-44)12-13-39-38(70-35)14-15-40-42(71-39)20-49-57(76-40)53(67)56-47(74-49)19-32(63)18-34(69-56)11-10-31(62)25-61/h6-7,10-15,27-58,61-67H,8-9,16-26H2,1-5H3. The van der Waals surface area contributed by atoms with E-state index in [-0.39, 0.29) is 86.2 Å². The zero-order valence-corrected chi connectivity index (χ0v) is 46.7. The van der Waals surface area contributed by atoms with Crippen molar-refractivity contribution >= 4 is 0 Å². The topological polar surface area (TPSA) is 262 Å². The SMILES string of the molecule is CC1CC2OC3C(CC2OC2CC4OC5CC=CCC6OC7C=CC8OC9C(CC8OC7C=CC6OC5CC(O)C4(C)OC2C1)OC1CC(O)CC(C=CC(O)CO)OC1C9O)OC1C(C)C(C)C2(CC(O)CO2)OC1C(O)C3C. The fraction of sp³-hybridized carbons (Fsp3) is 0.867. The van der Waals surface area contributed by atoms with E-state index >= 15 is 0 Å². The molecule has 13 aliphatic heterocycles. The molecule has 7 N–H and O–H groups in total. The Kier molecular flexibility index (Phi) is 16.3. The van der Waals surface area contributed by atoms with Crippen molar-refractivity contribution in [1.82, 2.24) is 0 Å². The summed E-state index contributed by atoms with van der Waals surface area (Å²) in [6, 6.07) is 0. The van der Waals surface area contributed by atoms with Crippen LogP contribution in [0, 0.1) is 23.7 Å². The lowest BCUT2D eigenvalue weighted by Gasteiger charge is -2.53. The molecule has 13 aliphatic rings. The molecule has 13 rings (SSSR count). The maximum absolute atomic E-state index is 12.4. The van der Waals surface area contributed by atoms with Gasteiger partial charge >= 0.3 is 0 Å². The Balaban J connectivity index is 0.678. The minimum Gasteiger partial charge on any atom is -0.393 e. The average molecular weight is 1130 g/mol. The second kappa shape index (κ2) is 22.8. The maximum atomic E-state index is 12.4. The Labute approximate surface area is 468 Å². The molecule has 1 spiro atoms. The van der Waals surface area contributed by atoms with Gasteiger partial charge in [0.15, 0.2) is 5.79 Å². The molecule has 0 aromatic carbocycles. The van der Waals surface area contributed by atoms with Crippen LogP contribution in [-0.2, 0) is 61.6 Å². The average Bonchev–Trinajstić information content (AvgIpc) is 3.51. The van der Waals surface area contributed by atoms with Crippen LogP contribution in [0.5, 0.6) is 0 Å². The summed E-state index contributed by atoms with van der Waals surface area (Å²) in [5.74, 6) is -1.22.